The van der Waals surface area contributed by atoms with Gasteiger partial charge in [0.1, 0.15) is 5.69 Å². The number of carbonyl (C=O) groups excluding carboxylic acids is 2. The summed E-state index contributed by atoms with van der Waals surface area (Å²) in [5.74, 6) is -4.44. The van der Waals surface area contributed by atoms with Gasteiger partial charge in [-0.2, -0.15) is 0 Å². The van der Waals surface area contributed by atoms with E-state index < -0.39 is 45.9 Å². The highest BCUT2D eigenvalue weighted by Gasteiger charge is 2.68. The van der Waals surface area contributed by atoms with Crippen molar-refractivity contribution in [2.45, 2.75) is 11.3 Å². The lowest BCUT2D eigenvalue weighted by Gasteiger charge is -2.52. The minimum Gasteiger partial charge on any atom is -0.478 e. The highest BCUT2D eigenvalue weighted by Crippen LogP contribution is 2.64. The monoisotopic (exact) mass is 543 g/mol. The van der Waals surface area contributed by atoms with E-state index in [0.29, 0.717) is 0 Å². The van der Waals surface area contributed by atoms with E-state index in [1.54, 1.807) is 30.5 Å². The maximum absolute atomic E-state index is 14.5. The van der Waals surface area contributed by atoms with Crippen molar-refractivity contribution in [3.63, 3.8) is 0 Å². The average Bonchev–Trinajstić information content (AvgIpc) is 3.26. The van der Waals surface area contributed by atoms with Crippen LogP contribution in [0.2, 0.25) is 0 Å². The number of nitro groups is 1. The van der Waals surface area contributed by atoms with Gasteiger partial charge in [0.15, 0.2) is 0 Å². The Balaban J connectivity index is 1.51. The minimum atomic E-state index is -1.23. The Morgan fingerprint density at radius 1 is 0.854 bits per heavy atom. The van der Waals surface area contributed by atoms with Crippen molar-refractivity contribution >= 4 is 41.1 Å². The third-order valence-corrected chi connectivity index (χ3v) is 8.54. The first-order chi connectivity index (χ1) is 19.9. The topological polar surface area (TPSA) is 130 Å². The number of hydrogen-bond donors (Lipinski definition) is 1. The van der Waals surface area contributed by atoms with Crippen LogP contribution in [0.5, 0.6) is 0 Å². The van der Waals surface area contributed by atoms with Crippen LogP contribution in [-0.2, 0) is 15.0 Å². The van der Waals surface area contributed by atoms with E-state index in [9.17, 15) is 29.6 Å². The van der Waals surface area contributed by atoms with Crippen molar-refractivity contribution in [3.8, 4) is 0 Å². The highest BCUT2D eigenvalue weighted by molar-refractivity contribution is 6.25. The fraction of sp³-hybridized carbons (Fsp3) is 0.125. The van der Waals surface area contributed by atoms with E-state index in [1.807, 2.05) is 48.5 Å². The molecule has 0 spiro atoms. The Hall–Kier alpha value is -5.44. The number of carboxylic acid groups (broad SMARTS) is 1. The largest absolute Gasteiger partial charge is 0.478 e. The predicted octanol–water partition coefficient (Wildman–Crippen LogP) is 5.25. The van der Waals surface area contributed by atoms with Gasteiger partial charge >= 0.3 is 5.97 Å². The summed E-state index contributed by atoms with van der Waals surface area (Å²) in [6.45, 7) is 0. The molecule has 200 valence electrons. The summed E-state index contributed by atoms with van der Waals surface area (Å²) >= 11 is 0. The van der Waals surface area contributed by atoms with E-state index in [4.69, 9.17) is 0 Å². The number of aromatic carboxylic acids is 1. The molecule has 1 saturated heterocycles. The molecule has 4 aromatic rings. The molecule has 9 nitrogen and oxygen atoms in total. The summed E-state index contributed by atoms with van der Waals surface area (Å²) in [6.07, 6.45) is 1.60. The summed E-state index contributed by atoms with van der Waals surface area (Å²) in [6, 6.07) is 27.2. The van der Waals surface area contributed by atoms with Crippen LogP contribution in [-0.4, -0.2) is 34.0 Å². The van der Waals surface area contributed by atoms with Crippen LogP contribution >= 0.6 is 0 Å². The second kappa shape index (κ2) is 8.79. The van der Waals surface area contributed by atoms with Crippen molar-refractivity contribution in [1.29, 1.82) is 0 Å². The summed E-state index contributed by atoms with van der Waals surface area (Å²) in [5.41, 5.74) is 1.90. The van der Waals surface area contributed by atoms with E-state index in [1.165, 1.54) is 24.3 Å². The third kappa shape index (κ3) is 3.23. The molecule has 3 aliphatic carbocycles. The number of amides is 2. The number of aliphatic imine (C=N–C) groups is 1. The van der Waals surface area contributed by atoms with Crippen molar-refractivity contribution in [1.82, 2.24) is 0 Å². The van der Waals surface area contributed by atoms with E-state index in [0.717, 1.165) is 27.2 Å². The molecule has 4 aliphatic rings. The van der Waals surface area contributed by atoms with E-state index in [-0.39, 0.29) is 22.6 Å². The van der Waals surface area contributed by atoms with Gasteiger partial charge in [-0.3, -0.25) is 24.7 Å². The number of carboxylic acids is 1. The van der Waals surface area contributed by atoms with Gasteiger partial charge in [0.2, 0.25) is 11.8 Å². The van der Waals surface area contributed by atoms with Gasteiger partial charge in [-0.15, -0.1) is 0 Å². The van der Waals surface area contributed by atoms with E-state index >= 15 is 0 Å². The Kier molecular flexibility index (Phi) is 5.27. The SMILES string of the molecule is O=C(O)c1ccccc1N=CC12c3ccccc3C(c3ccccc31)[C@@H]1C(=O)N(c3ccccc3[N+](=O)[O-])C(=O)[C@@H]12. The summed E-state index contributed by atoms with van der Waals surface area (Å²) in [7, 11) is 0. The van der Waals surface area contributed by atoms with Crippen LogP contribution < -0.4 is 4.90 Å². The van der Waals surface area contributed by atoms with Crippen molar-refractivity contribution in [2.24, 2.45) is 16.8 Å². The first-order valence-electron chi connectivity index (χ1n) is 13.0. The number of imide groups is 1. The molecule has 0 saturated carbocycles. The Labute approximate surface area is 233 Å². The smallest absolute Gasteiger partial charge is 0.337 e. The van der Waals surface area contributed by atoms with Crippen molar-refractivity contribution in [2.75, 3.05) is 4.90 Å². The Morgan fingerprint density at radius 2 is 1.44 bits per heavy atom. The molecule has 1 heterocycles. The minimum absolute atomic E-state index is 0.00173. The fourth-order valence-corrected chi connectivity index (χ4v) is 7.03. The van der Waals surface area contributed by atoms with Gasteiger partial charge in [0, 0.05) is 18.2 Å². The molecular formula is C32H21N3O6. The van der Waals surface area contributed by atoms with Crippen LogP contribution in [0.1, 0.15) is 38.5 Å². The average molecular weight is 544 g/mol. The lowest BCUT2D eigenvalue weighted by Crippen LogP contribution is -2.54. The zero-order valence-electron chi connectivity index (χ0n) is 21.4. The van der Waals surface area contributed by atoms with Crippen molar-refractivity contribution in [3.05, 3.63) is 135 Å². The molecule has 1 N–H and O–H groups in total. The van der Waals surface area contributed by atoms with Crippen LogP contribution in [0.3, 0.4) is 0 Å². The summed E-state index contributed by atoms with van der Waals surface area (Å²) < 4.78 is 0. The molecule has 0 unspecified atom stereocenters. The molecule has 4 aromatic carbocycles. The maximum Gasteiger partial charge on any atom is 0.337 e. The number of nitro benzene ring substituents is 1. The number of carbonyl (C=O) groups is 3. The lowest BCUT2D eigenvalue weighted by molar-refractivity contribution is -0.384. The van der Waals surface area contributed by atoms with Gasteiger partial charge < -0.3 is 5.11 Å². The molecule has 2 amide bonds. The molecule has 2 atom stereocenters. The second-order valence-corrected chi connectivity index (χ2v) is 10.4. The molecule has 8 rings (SSSR count). The normalized spacial score (nSPS) is 23.8. The number of anilines is 1. The summed E-state index contributed by atoms with van der Waals surface area (Å²) in [5, 5.41) is 21.7. The van der Waals surface area contributed by atoms with Crippen molar-refractivity contribution < 1.29 is 24.4 Å². The second-order valence-electron chi connectivity index (χ2n) is 10.4. The lowest BCUT2D eigenvalue weighted by atomic mass is 9.47. The fourth-order valence-electron chi connectivity index (χ4n) is 7.03. The van der Waals surface area contributed by atoms with Crippen LogP contribution in [0.15, 0.2) is 102 Å². The molecule has 2 bridgehead atoms. The molecular weight excluding hydrogens is 522 g/mol. The van der Waals surface area contributed by atoms with Crippen LogP contribution in [0.25, 0.3) is 0 Å². The Morgan fingerprint density at radius 3 is 2.10 bits per heavy atom. The molecule has 1 aliphatic heterocycles. The van der Waals surface area contributed by atoms with Crippen LogP contribution in [0, 0.1) is 22.0 Å². The molecule has 1 fully saturated rings. The zero-order chi connectivity index (χ0) is 28.5. The van der Waals surface area contributed by atoms with Gasteiger partial charge in [-0.25, -0.2) is 9.69 Å². The van der Waals surface area contributed by atoms with Gasteiger partial charge in [0.25, 0.3) is 5.69 Å². The molecule has 41 heavy (non-hydrogen) atoms. The molecule has 9 heteroatoms. The van der Waals surface area contributed by atoms with Gasteiger partial charge in [-0.05, 0) is 40.5 Å². The Bertz CT molecular complexity index is 1800. The molecule has 0 aromatic heterocycles. The van der Waals surface area contributed by atoms with Crippen LogP contribution in [0.4, 0.5) is 17.1 Å². The highest BCUT2D eigenvalue weighted by atomic mass is 16.6. The molecule has 0 radical (unpaired) electrons. The number of benzene rings is 4. The zero-order valence-corrected chi connectivity index (χ0v) is 21.4. The summed E-state index contributed by atoms with van der Waals surface area (Å²) in [4.78, 5) is 57.6. The number of rotatable bonds is 5. The van der Waals surface area contributed by atoms with Gasteiger partial charge in [0.05, 0.1) is 33.4 Å². The van der Waals surface area contributed by atoms with Gasteiger partial charge in [-0.1, -0.05) is 72.8 Å². The van der Waals surface area contributed by atoms with E-state index in [2.05, 4.69) is 4.99 Å². The first kappa shape index (κ1) is 24.6. The first-order valence-corrected chi connectivity index (χ1v) is 13.0. The third-order valence-electron chi connectivity index (χ3n) is 8.54. The number of hydrogen-bond acceptors (Lipinski definition) is 6. The maximum atomic E-state index is 14.5. The standard InChI is InChI=1S/C32H21N3O6/c36-29-27-26-18-9-1-4-12-21(18)32(22-13-5-2-10-19(22)26,17-33-23-14-6-3-11-20(23)31(38)39)28(27)30(37)34(29)24-15-7-8-16-25(24)35(40)41/h1-17,26-28H,(H,38,39)/t26?,27-,28+,32?/m0/s1. The number of nitrogens with zero attached hydrogens (tertiary/aromatic N) is 3. The quantitative estimate of drug-likeness (QED) is 0.158. The number of para-hydroxylation sites is 3. The predicted molar refractivity (Wildman–Crippen MR) is 150 cm³/mol.